The zero-order valence-electron chi connectivity index (χ0n) is 25.8. The highest BCUT2D eigenvalue weighted by Crippen LogP contribution is 2.54. The summed E-state index contributed by atoms with van der Waals surface area (Å²) in [5.41, 5.74) is 11.2. The zero-order valence-corrected chi connectivity index (χ0v) is 26.6. The lowest BCUT2D eigenvalue weighted by molar-refractivity contribution is 0.667. The Bertz CT molecular complexity index is 2620. The third-order valence-corrected chi connectivity index (χ3v) is 11.3. The van der Waals surface area contributed by atoms with Gasteiger partial charge in [-0.2, -0.15) is 0 Å². The van der Waals surface area contributed by atoms with Crippen molar-refractivity contribution in [2.75, 3.05) is 4.90 Å². The van der Waals surface area contributed by atoms with Gasteiger partial charge in [0.2, 0.25) is 0 Å². The van der Waals surface area contributed by atoms with Crippen LogP contribution in [0.3, 0.4) is 0 Å². The molecule has 0 aliphatic heterocycles. The highest BCUT2D eigenvalue weighted by Gasteiger charge is 2.41. The molecule has 0 saturated heterocycles. The maximum atomic E-state index is 6.79. The smallest absolute Gasteiger partial charge is 0.159 e. The number of anilines is 3. The van der Waals surface area contributed by atoms with Gasteiger partial charge < -0.3 is 9.32 Å². The molecular weight excluding hydrogens is 591 g/mol. The number of nitrogens with zero attached hydrogens (tertiary/aromatic N) is 1. The van der Waals surface area contributed by atoms with Gasteiger partial charge in [0.1, 0.15) is 5.58 Å². The second-order valence-corrected chi connectivity index (χ2v) is 13.7. The van der Waals surface area contributed by atoms with Gasteiger partial charge in [0.25, 0.3) is 0 Å². The van der Waals surface area contributed by atoms with E-state index in [1.54, 1.807) is 0 Å². The third-order valence-electron chi connectivity index (χ3n) is 10.1. The first-order valence-electron chi connectivity index (χ1n) is 16.1. The summed E-state index contributed by atoms with van der Waals surface area (Å²) >= 11 is 1.85. The third kappa shape index (κ3) is 3.78. The van der Waals surface area contributed by atoms with Crippen molar-refractivity contribution in [1.29, 1.82) is 0 Å². The normalized spacial score (nSPS) is 13.4. The molecule has 0 bridgehead atoms. The number of hydrogen-bond acceptors (Lipinski definition) is 3. The van der Waals surface area contributed by atoms with Gasteiger partial charge >= 0.3 is 0 Å². The lowest BCUT2D eigenvalue weighted by atomic mass is 9.74. The van der Waals surface area contributed by atoms with Crippen molar-refractivity contribution < 1.29 is 4.42 Å². The molecule has 9 aromatic rings. The quantitative estimate of drug-likeness (QED) is 0.195. The second kappa shape index (κ2) is 9.93. The molecule has 222 valence electrons. The molecule has 0 unspecified atom stereocenters. The van der Waals surface area contributed by atoms with Gasteiger partial charge in [-0.3, -0.25) is 0 Å². The topological polar surface area (TPSA) is 16.4 Å². The van der Waals surface area contributed by atoms with E-state index in [1.807, 2.05) is 11.3 Å². The van der Waals surface area contributed by atoms with Crippen molar-refractivity contribution in [2.24, 2.45) is 0 Å². The summed E-state index contributed by atoms with van der Waals surface area (Å²) < 4.78 is 9.37. The fourth-order valence-corrected chi connectivity index (χ4v) is 9.02. The molecule has 3 heteroatoms. The second-order valence-electron chi connectivity index (χ2n) is 12.6. The van der Waals surface area contributed by atoms with Crippen LogP contribution < -0.4 is 4.90 Å². The standard InChI is InChI=1S/C44H29NOS/c1-44(37-19-9-5-15-31(37)32-16-6-10-20-38(32)44)28-25-36-33-17-7-11-21-40(33)46-43(36)39(26-28)45(29-13-3-2-4-14-29)30-23-24-35-34-18-8-12-22-41(34)47-42(35)27-30/h2-27H,1H3. The highest BCUT2D eigenvalue weighted by atomic mass is 32.1. The predicted molar refractivity (Wildman–Crippen MR) is 199 cm³/mol. The van der Waals surface area contributed by atoms with E-state index in [4.69, 9.17) is 4.42 Å². The Morgan fingerprint density at radius 1 is 0.511 bits per heavy atom. The molecule has 0 saturated carbocycles. The molecule has 2 aromatic heterocycles. The van der Waals surface area contributed by atoms with Crippen molar-refractivity contribution in [1.82, 2.24) is 0 Å². The number of rotatable bonds is 4. The van der Waals surface area contributed by atoms with Crippen molar-refractivity contribution >= 4 is 70.5 Å². The predicted octanol–water partition coefficient (Wildman–Crippen LogP) is 12.8. The van der Waals surface area contributed by atoms with Crippen LogP contribution in [-0.2, 0) is 5.41 Å². The molecule has 1 aliphatic rings. The van der Waals surface area contributed by atoms with Crippen molar-refractivity contribution in [3.8, 4) is 11.1 Å². The van der Waals surface area contributed by atoms with Gasteiger partial charge in [-0.05, 0) is 83.3 Å². The number of benzene rings is 7. The minimum Gasteiger partial charge on any atom is -0.454 e. The minimum absolute atomic E-state index is 0.355. The maximum absolute atomic E-state index is 6.79. The van der Waals surface area contributed by atoms with Crippen LogP contribution in [-0.4, -0.2) is 0 Å². The lowest BCUT2D eigenvalue weighted by Gasteiger charge is -2.31. The van der Waals surface area contributed by atoms with Crippen LogP contribution in [0.4, 0.5) is 17.1 Å². The molecule has 2 heterocycles. The molecule has 0 amide bonds. The van der Waals surface area contributed by atoms with E-state index >= 15 is 0 Å². The monoisotopic (exact) mass is 619 g/mol. The molecule has 7 aromatic carbocycles. The molecule has 2 nitrogen and oxygen atoms in total. The SMILES string of the molecule is CC1(c2cc(N(c3ccccc3)c3ccc4c(c3)sc3ccccc34)c3oc4ccccc4c3c2)c2ccccc2-c2ccccc21. The van der Waals surface area contributed by atoms with Crippen LogP contribution in [0.2, 0.25) is 0 Å². The summed E-state index contributed by atoms with van der Waals surface area (Å²) in [6, 6.07) is 57.3. The first kappa shape index (κ1) is 26.6. The van der Waals surface area contributed by atoms with Crippen LogP contribution >= 0.6 is 11.3 Å². The molecule has 0 N–H and O–H groups in total. The van der Waals surface area contributed by atoms with Crippen LogP contribution in [0, 0.1) is 0 Å². The molecule has 0 radical (unpaired) electrons. The van der Waals surface area contributed by atoms with Crippen molar-refractivity contribution in [3.05, 3.63) is 174 Å². The van der Waals surface area contributed by atoms with E-state index in [0.29, 0.717) is 0 Å². The van der Waals surface area contributed by atoms with Gasteiger partial charge in [-0.1, -0.05) is 109 Å². The number of hydrogen-bond donors (Lipinski definition) is 0. The average molecular weight is 620 g/mol. The zero-order chi connectivity index (χ0) is 31.1. The van der Waals surface area contributed by atoms with Gasteiger partial charge in [0.15, 0.2) is 5.58 Å². The molecule has 0 atom stereocenters. The average Bonchev–Trinajstić information content (AvgIpc) is 3.78. The Kier molecular flexibility index (Phi) is 5.61. The van der Waals surface area contributed by atoms with Crippen LogP contribution in [0.15, 0.2) is 162 Å². The van der Waals surface area contributed by atoms with E-state index in [9.17, 15) is 0 Å². The minimum atomic E-state index is -0.355. The summed E-state index contributed by atoms with van der Waals surface area (Å²) in [6.07, 6.45) is 0. The van der Waals surface area contributed by atoms with Gasteiger partial charge in [-0.15, -0.1) is 11.3 Å². The Morgan fingerprint density at radius 2 is 1.15 bits per heavy atom. The summed E-state index contributed by atoms with van der Waals surface area (Å²) in [6.45, 7) is 2.39. The summed E-state index contributed by atoms with van der Waals surface area (Å²) in [5, 5.41) is 4.84. The van der Waals surface area contributed by atoms with Gasteiger partial charge in [-0.25, -0.2) is 0 Å². The van der Waals surface area contributed by atoms with Gasteiger partial charge in [0, 0.05) is 47.7 Å². The molecule has 1 aliphatic carbocycles. The lowest BCUT2D eigenvalue weighted by Crippen LogP contribution is -2.23. The Labute approximate surface area is 276 Å². The molecule has 47 heavy (non-hydrogen) atoms. The van der Waals surface area contributed by atoms with Crippen LogP contribution in [0.1, 0.15) is 23.6 Å². The first-order valence-corrected chi connectivity index (χ1v) is 16.9. The summed E-state index contributed by atoms with van der Waals surface area (Å²) in [7, 11) is 0. The Hall–Kier alpha value is -5.64. The molecular formula is C44H29NOS. The molecule has 0 spiro atoms. The van der Waals surface area contributed by atoms with Crippen LogP contribution in [0.5, 0.6) is 0 Å². The fourth-order valence-electron chi connectivity index (χ4n) is 7.89. The highest BCUT2D eigenvalue weighted by molar-refractivity contribution is 7.25. The van der Waals surface area contributed by atoms with Crippen molar-refractivity contribution in [3.63, 3.8) is 0 Å². The van der Waals surface area contributed by atoms with E-state index in [-0.39, 0.29) is 5.41 Å². The van der Waals surface area contributed by atoms with Gasteiger partial charge in [0.05, 0.1) is 5.69 Å². The fraction of sp³-hybridized carbons (Fsp3) is 0.0455. The largest absolute Gasteiger partial charge is 0.454 e. The van der Waals surface area contributed by atoms with Crippen LogP contribution in [0.25, 0.3) is 53.2 Å². The van der Waals surface area contributed by atoms with E-state index in [0.717, 1.165) is 39.0 Å². The summed E-state index contributed by atoms with van der Waals surface area (Å²) in [5.74, 6) is 0. The summed E-state index contributed by atoms with van der Waals surface area (Å²) in [4.78, 5) is 2.38. The van der Waals surface area contributed by atoms with Crippen molar-refractivity contribution in [2.45, 2.75) is 12.3 Å². The van der Waals surface area contributed by atoms with E-state index in [2.05, 4.69) is 170 Å². The number of para-hydroxylation sites is 2. The Balaban J connectivity index is 1.30. The van der Waals surface area contributed by atoms with E-state index < -0.39 is 0 Å². The number of furan rings is 1. The number of thiophene rings is 1. The first-order chi connectivity index (χ1) is 23.2. The molecule has 0 fully saturated rings. The molecule has 10 rings (SSSR count). The Morgan fingerprint density at radius 3 is 1.94 bits per heavy atom. The van der Waals surface area contributed by atoms with E-state index in [1.165, 1.54) is 48.0 Å². The number of fused-ring (bicyclic) bond motifs is 9. The maximum Gasteiger partial charge on any atom is 0.159 e.